The van der Waals surface area contributed by atoms with Crippen molar-refractivity contribution >= 4 is 55.3 Å². The van der Waals surface area contributed by atoms with Crippen LogP contribution in [-0.4, -0.2) is 28.7 Å². The maximum atomic E-state index is 5.02. The second-order valence-electron chi connectivity index (χ2n) is 7.69. The third-order valence-electron chi connectivity index (χ3n) is 5.86. The van der Waals surface area contributed by atoms with Gasteiger partial charge in [-0.15, -0.1) is 0 Å². The first kappa shape index (κ1) is 16.5. The molecule has 7 rings (SSSR count). The summed E-state index contributed by atoms with van der Waals surface area (Å²) in [4.78, 5) is 19.5. The molecule has 0 amide bonds. The fourth-order valence-electron chi connectivity index (χ4n) is 4.53. The van der Waals surface area contributed by atoms with Crippen LogP contribution in [0, 0.1) is 6.92 Å². The summed E-state index contributed by atoms with van der Waals surface area (Å²) in [5.41, 5.74) is 7.30. The van der Waals surface area contributed by atoms with Crippen LogP contribution >= 0.6 is 0 Å². The fraction of sp³-hybridized carbons (Fsp3) is 0.0400. The molecule has 0 saturated heterocycles. The Hall–Kier alpha value is -4.32. The molecule has 0 saturated carbocycles. The van der Waals surface area contributed by atoms with Crippen molar-refractivity contribution in [3.63, 3.8) is 0 Å². The van der Waals surface area contributed by atoms with Gasteiger partial charge < -0.3 is 0 Å². The highest BCUT2D eigenvalue weighted by molar-refractivity contribution is 6.06. The molecular weight excluding hydrogens is 384 g/mol. The van der Waals surface area contributed by atoms with Gasteiger partial charge in [-0.3, -0.25) is 8.80 Å². The molecule has 0 fully saturated rings. The van der Waals surface area contributed by atoms with Gasteiger partial charge in [-0.05, 0) is 37.3 Å². The van der Waals surface area contributed by atoms with Crippen molar-refractivity contribution in [2.45, 2.75) is 6.92 Å². The van der Waals surface area contributed by atoms with E-state index in [-0.39, 0.29) is 0 Å². The standard InChI is InChI=1S/C25H16N6/c1-15-26-14-17-16-8-2-5-11-20(16)30-21-12-6-3-9-18(21)28-24(30)25-29-19-10-4-7-13-22(19)31(25)23(17)27-15/h2-14H,1H3. The zero-order chi connectivity index (χ0) is 20.5. The lowest BCUT2D eigenvalue weighted by molar-refractivity contribution is 1.06. The molecular formula is C25H16N6. The highest BCUT2D eigenvalue weighted by Crippen LogP contribution is 2.30. The minimum absolute atomic E-state index is 0.717. The van der Waals surface area contributed by atoms with Crippen LogP contribution in [0.25, 0.3) is 55.3 Å². The molecule has 0 bridgehead atoms. The largest absolute Gasteiger partial charge is 0.289 e. The molecule has 0 aliphatic carbocycles. The lowest BCUT2D eigenvalue weighted by Crippen LogP contribution is -1.98. The van der Waals surface area contributed by atoms with E-state index >= 15 is 0 Å². The summed E-state index contributed by atoms with van der Waals surface area (Å²) >= 11 is 0. The number of aryl methyl sites for hydroxylation is 1. The zero-order valence-corrected chi connectivity index (χ0v) is 16.7. The van der Waals surface area contributed by atoms with Crippen molar-refractivity contribution in [1.29, 1.82) is 0 Å². The minimum atomic E-state index is 0.717. The van der Waals surface area contributed by atoms with E-state index < -0.39 is 0 Å². The van der Waals surface area contributed by atoms with Gasteiger partial charge in [-0.2, -0.15) is 0 Å². The van der Waals surface area contributed by atoms with Crippen molar-refractivity contribution < 1.29 is 0 Å². The number of para-hydroxylation sites is 5. The van der Waals surface area contributed by atoms with E-state index in [0.29, 0.717) is 5.82 Å². The van der Waals surface area contributed by atoms with E-state index in [1.807, 2.05) is 49.5 Å². The molecule has 3 aromatic carbocycles. The molecule has 4 aromatic heterocycles. The summed E-state index contributed by atoms with van der Waals surface area (Å²) in [6, 6.07) is 24.7. The first-order chi connectivity index (χ1) is 15.3. The summed E-state index contributed by atoms with van der Waals surface area (Å²) in [7, 11) is 0. The number of nitrogens with zero attached hydrogens (tertiary/aromatic N) is 6. The van der Waals surface area contributed by atoms with E-state index in [4.69, 9.17) is 15.0 Å². The number of imidazole rings is 2. The minimum Gasteiger partial charge on any atom is -0.289 e. The predicted molar refractivity (Wildman–Crippen MR) is 123 cm³/mol. The van der Waals surface area contributed by atoms with Crippen LogP contribution in [0.5, 0.6) is 0 Å². The predicted octanol–water partition coefficient (Wildman–Crippen LogP) is 5.26. The maximum absolute atomic E-state index is 5.02. The topological polar surface area (TPSA) is 60.4 Å². The van der Waals surface area contributed by atoms with Crippen LogP contribution in [0.1, 0.15) is 5.82 Å². The van der Waals surface area contributed by atoms with E-state index in [2.05, 4.69) is 50.2 Å². The Morgan fingerprint density at radius 2 is 1.13 bits per heavy atom. The van der Waals surface area contributed by atoms with Crippen LogP contribution < -0.4 is 0 Å². The van der Waals surface area contributed by atoms with Crippen LogP contribution in [0.4, 0.5) is 0 Å². The molecule has 7 aromatic rings. The lowest BCUT2D eigenvalue weighted by atomic mass is 10.1. The Bertz CT molecular complexity index is 1860. The summed E-state index contributed by atoms with van der Waals surface area (Å²) in [5.74, 6) is 0.717. The summed E-state index contributed by atoms with van der Waals surface area (Å²) < 4.78 is 4.32. The number of benzene rings is 3. The number of hydrogen-bond donors (Lipinski definition) is 0. The highest BCUT2D eigenvalue weighted by Gasteiger charge is 2.16. The SMILES string of the molecule is Cc1ncc2c3ccccc3n3c4ccccc4nc3c3nc4ccccc4n3c2n1. The van der Waals surface area contributed by atoms with E-state index in [1.165, 1.54) is 0 Å². The van der Waals surface area contributed by atoms with Gasteiger partial charge in [0.1, 0.15) is 5.82 Å². The molecule has 0 radical (unpaired) electrons. The van der Waals surface area contributed by atoms with E-state index in [9.17, 15) is 0 Å². The smallest absolute Gasteiger partial charge is 0.183 e. The van der Waals surface area contributed by atoms with E-state index in [0.717, 1.165) is 55.3 Å². The molecule has 0 atom stereocenters. The third kappa shape index (κ3) is 2.16. The third-order valence-corrected chi connectivity index (χ3v) is 5.86. The molecule has 4 heterocycles. The fourth-order valence-corrected chi connectivity index (χ4v) is 4.53. The molecule has 0 aliphatic heterocycles. The molecule has 0 spiro atoms. The van der Waals surface area contributed by atoms with Crippen molar-refractivity contribution in [3.05, 3.63) is 84.8 Å². The van der Waals surface area contributed by atoms with Crippen molar-refractivity contribution in [2.75, 3.05) is 0 Å². The molecule has 6 heteroatoms. The monoisotopic (exact) mass is 400 g/mol. The first-order valence-electron chi connectivity index (χ1n) is 10.2. The average molecular weight is 400 g/mol. The van der Waals surface area contributed by atoms with Gasteiger partial charge in [-0.1, -0.05) is 42.5 Å². The quantitative estimate of drug-likeness (QED) is 0.349. The Balaban J connectivity index is 1.98. The summed E-state index contributed by atoms with van der Waals surface area (Å²) in [5, 5.41) is 2.03. The zero-order valence-electron chi connectivity index (χ0n) is 16.7. The number of hydrogen-bond acceptors (Lipinski definition) is 4. The van der Waals surface area contributed by atoms with Gasteiger partial charge in [0.05, 0.1) is 27.6 Å². The number of aromatic nitrogens is 6. The molecule has 0 N–H and O–H groups in total. The summed E-state index contributed by atoms with van der Waals surface area (Å²) in [6.45, 7) is 1.92. The van der Waals surface area contributed by atoms with Crippen LogP contribution in [0.3, 0.4) is 0 Å². The molecule has 31 heavy (non-hydrogen) atoms. The van der Waals surface area contributed by atoms with Gasteiger partial charge in [-0.25, -0.2) is 19.9 Å². The maximum Gasteiger partial charge on any atom is 0.183 e. The Kier molecular flexibility index (Phi) is 3.11. The second kappa shape index (κ2) is 5.86. The van der Waals surface area contributed by atoms with Crippen LogP contribution in [0.2, 0.25) is 0 Å². The summed E-state index contributed by atoms with van der Waals surface area (Å²) in [6.07, 6.45) is 1.92. The van der Waals surface area contributed by atoms with Gasteiger partial charge in [0.25, 0.3) is 0 Å². The molecule has 146 valence electrons. The number of fused-ring (bicyclic) bond motifs is 12. The Morgan fingerprint density at radius 1 is 0.548 bits per heavy atom. The van der Waals surface area contributed by atoms with Gasteiger partial charge >= 0.3 is 0 Å². The second-order valence-corrected chi connectivity index (χ2v) is 7.69. The van der Waals surface area contributed by atoms with Crippen molar-refractivity contribution in [3.8, 4) is 0 Å². The Morgan fingerprint density at radius 3 is 1.87 bits per heavy atom. The van der Waals surface area contributed by atoms with Crippen molar-refractivity contribution in [2.24, 2.45) is 0 Å². The Labute approximate surface area is 176 Å². The molecule has 0 unspecified atom stereocenters. The molecule has 6 nitrogen and oxygen atoms in total. The van der Waals surface area contributed by atoms with Gasteiger partial charge in [0, 0.05) is 17.0 Å². The van der Waals surface area contributed by atoms with Crippen LogP contribution in [-0.2, 0) is 0 Å². The normalized spacial score (nSPS) is 12.0. The lowest BCUT2D eigenvalue weighted by Gasteiger charge is -2.07. The highest BCUT2D eigenvalue weighted by atomic mass is 15.1. The molecule has 0 aliphatic rings. The number of rotatable bonds is 0. The van der Waals surface area contributed by atoms with Crippen molar-refractivity contribution in [1.82, 2.24) is 28.7 Å². The average Bonchev–Trinajstić information content (AvgIpc) is 3.36. The van der Waals surface area contributed by atoms with Gasteiger partial charge in [0.2, 0.25) is 0 Å². The van der Waals surface area contributed by atoms with Crippen LogP contribution in [0.15, 0.2) is 79.0 Å². The van der Waals surface area contributed by atoms with E-state index in [1.54, 1.807) is 0 Å². The first-order valence-corrected chi connectivity index (χ1v) is 10.2. The van der Waals surface area contributed by atoms with Gasteiger partial charge in [0.15, 0.2) is 16.9 Å².